The number of Topliss-reactive ketones (excluding diaryl/α,β-unsaturated/α-hetero) is 1. The summed E-state index contributed by atoms with van der Waals surface area (Å²) in [6.07, 6.45) is 3.61. The molecular weight excluding hydrogens is 341 g/mol. The summed E-state index contributed by atoms with van der Waals surface area (Å²) in [6, 6.07) is 19.3. The fraction of sp³-hybridized carbons (Fsp3) is 0.0455. The summed E-state index contributed by atoms with van der Waals surface area (Å²) >= 11 is 0. The molecule has 0 atom stereocenters. The molecule has 0 bridgehead atoms. The van der Waals surface area contributed by atoms with Crippen molar-refractivity contribution in [2.45, 2.75) is 6.42 Å². The summed E-state index contributed by atoms with van der Waals surface area (Å²) in [5.41, 5.74) is 4.24. The smallest absolute Gasteiger partial charge is 0.185 e. The Kier molecular flexibility index (Phi) is 4.58. The molecule has 1 N–H and O–H groups in total. The Morgan fingerprint density at radius 3 is 2.30 bits per heavy atom. The van der Waals surface area contributed by atoms with Crippen molar-refractivity contribution < 1.29 is 9.18 Å². The average molecular weight is 357 g/mol. The number of carbonyl (C=O) groups is 1. The van der Waals surface area contributed by atoms with E-state index in [9.17, 15) is 9.18 Å². The van der Waals surface area contributed by atoms with Gasteiger partial charge in [0.25, 0.3) is 0 Å². The van der Waals surface area contributed by atoms with Gasteiger partial charge >= 0.3 is 0 Å². The lowest BCUT2D eigenvalue weighted by molar-refractivity contribution is 0.0989. The Morgan fingerprint density at radius 2 is 1.59 bits per heavy atom. The molecule has 0 saturated carbocycles. The molecule has 4 nitrogen and oxygen atoms in total. The monoisotopic (exact) mass is 357 g/mol. The van der Waals surface area contributed by atoms with Crippen molar-refractivity contribution in [3.8, 4) is 22.4 Å². The molecule has 0 aliphatic carbocycles. The van der Waals surface area contributed by atoms with Crippen LogP contribution in [0.2, 0.25) is 0 Å². The fourth-order valence-electron chi connectivity index (χ4n) is 3.03. The van der Waals surface area contributed by atoms with E-state index < -0.39 is 0 Å². The first-order chi connectivity index (χ1) is 13.2. The normalized spacial score (nSPS) is 10.7. The number of aromatic amines is 1. The Morgan fingerprint density at radius 1 is 0.889 bits per heavy atom. The minimum atomic E-state index is -0.319. The van der Waals surface area contributed by atoms with Crippen molar-refractivity contribution in [3.63, 3.8) is 0 Å². The van der Waals surface area contributed by atoms with Crippen molar-refractivity contribution in [3.05, 3.63) is 96.2 Å². The minimum absolute atomic E-state index is 0.0612. The highest BCUT2D eigenvalue weighted by Gasteiger charge is 2.21. The van der Waals surface area contributed by atoms with Gasteiger partial charge in [-0.1, -0.05) is 30.3 Å². The first kappa shape index (κ1) is 16.8. The molecule has 0 radical (unpaired) electrons. The summed E-state index contributed by atoms with van der Waals surface area (Å²) in [5, 5.41) is 7.26. The molecule has 5 heteroatoms. The number of nitrogens with one attached hydrogen (secondary N) is 1. The van der Waals surface area contributed by atoms with Gasteiger partial charge in [0.05, 0.1) is 0 Å². The number of carbonyl (C=O) groups excluding carboxylic acids is 1. The quantitative estimate of drug-likeness (QED) is 0.527. The van der Waals surface area contributed by atoms with Crippen molar-refractivity contribution >= 4 is 5.78 Å². The fourth-order valence-corrected chi connectivity index (χ4v) is 3.03. The number of benzene rings is 2. The first-order valence-corrected chi connectivity index (χ1v) is 8.54. The number of halogens is 1. The van der Waals surface area contributed by atoms with Crippen LogP contribution in [0.5, 0.6) is 0 Å². The molecule has 0 saturated heterocycles. The second kappa shape index (κ2) is 7.33. The number of ketones is 1. The van der Waals surface area contributed by atoms with Crippen LogP contribution >= 0.6 is 0 Å². The molecule has 0 unspecified atom stereocenters. The van der Waals surface area contributed by atoms with Crippen LogP contribution in [0.25, 0.3) is 22.4 Å². The SMILES string of the molecule is O=C(Cc1ccccc1)c1[nH]nc(-c2ccc(F)cc2)c1-c1ccncc1. The third-order valence-electron chi connectivity index (χ3n) is 4.34. The molecule has 4 rings (SSSR count). The van der Waals surface area contributed by atoms with E-state index in [4.69, 9.17) is 0 Å². The van der Waals surface area contributed by atoms with E-state index in [2.05, 4.69) is 15.2 Å². The predicted octanol–water partition coefficient (Wildman–Crippen LogP) is 4.70. The van der Waals surface area contributed by atoms with Crippen LogP contribution in [-0.2, 0) is 6.42 Å². The van der Waals surface area contributed by atoms with Gasteiger partial charge in [0.1, 0.15) is 17.2 Å². The summed E-state index contributed by atoms with van der Waals surface area (Å²) in [5.74, 6) is -0.381. The van der Waals surface area contributed by atoms with Crippen LogP contribution in [0, 0.1) is 5.82 Å². The first-order valence-electron chi connectivity index (χ1n) is 8.54. The van der Waals surface area contributed by atoms with Gasteiger partial charge in [-0.15, -0.1) is 0 Å². The van der Waals surface area contributed by atoms with Crippen LogP contribution in [0.15, 0.2) is 79.1 Å². The minimum Gasteiger partial charge on any atom is -0.292 e. The van der Waals surface area contributed by atoms with E-state index in [1.807, 2.05) is 42.5 Å². The maximum atomic E-state index is 13.3. The zero-order valence-corrected chi connectivity index (χ0v) is 14.4. The number of pyridine rings is 1. The summed E-state index contributed by atoms with van der Waals surface area (Å²) < 4.78 is 13.3. The number of nitrogens with zero attached hydrogens (tertiary/aromatic N) is 2. The number of hydrogen-bond donors (Lipinski definition) is 1. The number of rotatable bonds is 5. The zero-order chi connectivity index (χ0) is 18.6. The van der Waals surface area contributed by atoms with E-state index in [-0.39, 0.29) is 18.0 Å². The lowest BCUT2D eigenvalue weighted by Crippen LogP contribution is -2.05. The maximum absolute atomic E-state index is 13.3. The molecule has 132 valence electrons. The standard InChI is InChI=1S/C22H16FN3O/c23-18-8-6-17(7-9-18)21-20(16-10-12-24-13-11-16)22(26-25-21)19(27)14-15-4-2-1-3-5-15/h1-13H,14H2,(H,25,26). The van der Waals surface area contributed by atoms with Gasteiger partial charge in [0, 0.05) is 29.9 Å². The van der Waals surface area contributed by atoms with E-state index in [1.54, 1.807) is 24.5 Å². The topological polar surface area (TPSA) is 58.6 Å². The predicted molar refractivity (Wildman–Crippen MR) is 102 cm³/mol. The molecule has 4 aromatic rings. The summed E-state index contributed by atoms with van der Waals surface area (Å²) in [7, 11) is 0. The Balaban J connectivity index is 1.80. The van der Waals surface area contributed by atoms with E-state index in [0.29, 0.717) is 17.0 Å². The highest BCUT2D eigenvalue weighted by Crippen LogP contribution is 2.33. The second-order valence-electron chi connectivity index (χ2n) is 6.15. The van der Waals surface area contributed by atoms with Crippen molar-refractivity contribution in [1.82, 2.24) is 15.2 Å². The van der Waals surface area contributed by atoms with Gasteiger partial charge in [-0.3, -0.25) is 14.9 Å². The zero-order valence-electron chi connectivity index (χ0n) is 14.4. The Labute approximate surface area is 155 Å². The van der Waals surface area contributed by atoms with Crippen molar-refractivity contribution in [2.24, 2.45) is 0 Å². The molecule has 2 heterocycles. The third-order valence-corrected chi connectivity index (χ3v) is 4.34. The molecule has 0 spiro atoms. The molecular formula is C22H16FN3O. The van der Waals surface area contributed by atoms with Crippen LogP contribution < -0.4 is 0 Å². The Bertz CT molecular complexity index is 1060. The third kappa shape index (κ3) is 3.53. The van der Waals surface area contributed by atoms with Crippen molar-refractivity contribution in [1.29, 1.82) is 0 Å². The molecule has 0 aliphatic rings. The van der Waals surface area contributed by atoms with Gasteiger partial charge in [-0.05, 0) is 47.5 Å². The van der Waals surface area contributed by atoms with Gasteiger partial charge in [-0.25, -0.2) is 4.39 Å². The highest BCUT2D eigenvalue weighted by atomic mass is 19.1. The van der Waals surface area contributed by atoms with Crippen LogP contribution in [0.4, 0.5) is 4.39 Å². The largest absolute Gasteiger partial charge is 0.292 e. The lowest BCUT2D eigenvalue weighted by atomic mass is 9.96. The molecule has 2 aromatic carbocycles. The molecule has 2 aromatic heterocycles. The molecule has 0 amide bonds. The molecule has 0 aliphatic heterocycles. The van der Waals surface area contributed by atoms with Crippen molar-refractivity contribution in [2.75, 3.05) is 0 Å². The van der Waals surface area contributed by atoms with Gasteiger partial charge in [-0.2, -0.15) is 5.10 Å². The summed E-state index contributed by atoms with van der Waals surface area (Å²) in [4.78, 5) is 17.0. The number of aromatic nitrogens is 3. The van der Waals surface area contributed by atoms with E-state index >= 15 is 0 Å². The highest BCUT2D eigenvalue weighted by molar-refractivity contribution is 6.04. The second-order valence-corrected chi connectivity index (χ2v) is 6.15. The molecule has 0 fully saturated rings. The maximum Gasteiger partial charge on any atom is 0.185 e. The van der Waals surface area contributed by atoms with Crippen LogP contribution in [0.3, 0.4) is 0 Å². The van der Waals surface area contributed by atoms with Crippen LogP contribution in [0.1, 0.15) is 16.1 Å². The lowest BCUT2D eigenvalue weighted by Gasteiger charge is -2.06. The number of hydrogen-bond acceptors (Lipinski definition) is 3. The number of H-pyrrole nitrogens is 1. The van der Waals surface area contributed by atoms with Gasteiger partial charge in [0.15, 0.2) is 5.78 Å². The van der Waals surface area contributed by atoms with Crippen LogP contribution in [-0.4, -0.2) is 21.0 Å². The van der Waals surface area contributed by atoms with E-state index in [1.165, 1.54) is 12.1 Å². The average Bonchev–Trinajstić information content (AvgIpc) is 3.15. The van der Waals surface area contributed by atoms with Gasteiger partial charge < -0.3 is 0 Å². The molecule has 27 heavy (non-hydrogen) atoms. The Hall–Kier alpha value is -3.60. The van der Waals surface area contributed by atoms with E-state index in [0.717, 1.165) is 16.7 Å². The van der Waals surface area contributed by atoms with Gasteiger partial charge in [0.2, 0.25) is 0 Å². The summed E-state index contributed by atoms with van der Waals surface area (Å²) in [6.45, 7) is 0.